The maximum atomic E-state index is 12.1. The summed E-state index contributed by atoms with van der Waals surface area (Å²) in [5.41, 5.74) is -0.613. The van der Waals surface area contributed by atoms with Crippen LogP contribution in [0.2, 0.25) is 0 Å². The molecule has 0 radical (unpaired) electrons. The second-order valence-electron chi connectivity index (χ2n) is 6.33. The largest absolute Gasteiger partial charge is 0.493 e. The zero-order chi connectivity index (χ0) is 19.4. The van der Waals surface area contributed by atoms with Crippen LogP contribution in [0.15, 0.2) is 18.2 Å². The van der Waals surface area contributed by atoms with Gasteiger partial charge < -0.3 is 19.5 Å². The normalized spacial score (nSPS) is 21.0. The Morgan fingerprint density at radius 1 is 1.27 bits per heavy atom. The lowest BCUT2D eigenvalue weighted by Gasteiger charge is -2.23. The van der Waals surface area contributed by atoms with Gasteiger partial charge >= 0.3 is 5.97 Å². The van der Waals surface area contributed by atoms with Crippen LogP contribution in [-0.4, -0.2) is 57.7 Å². The van der Waals surface area contributed by atoms with Gasteiger partial charge in [-0.2, -0.15) is 0 Å². The van der Waals surface area contributed by atoms with Crippen molar-refractivity contribution in [3.8, 4) is 11.5 Å². The highest BCUT2D eigenvalue weighted by atomic mass is 32.2. The standard InChI is InChI=1S/C17H23NO7S/c1-4-24-13-6-5-12(9-14(13)23-3)16(20)25-10-15(19)18-17(2)7-8-26(21,22)11-17/h5-6,9H,4,7-8,10-11H2,1-3H3,(H,18,19)/t17-/m0/s1. The molecule has 1 fully saturated rings. The Balaban J connectivity index is 1.93. The van der Waals surface area contributed by atoms with Crippen LogP contribution in [0.4, 0.5) is 0 Å². The van der Waals surface area contributed by atoms with Crippen molar-refractivity contribution in [1.82, 2.24) is 5.32 Å². The minimum atomic E-state index is -3.14. The van der Waals surface area contributed by atoms with Gasteiger partial charge in [0.1, 0.15) is 0 Å². The number of methoxy groups -OCH3 is 1. The Morgan fingerprint density at radius 3 is 2.58 bits per heavy atom. The first-order valence-electron chi connectivity index (χ1n) is 8.17. The van der Waals surface area contributed by atoms with Gasteiger partial charge in [-0.25, -0.2) is 13.2 Å². The molecule has 26 heavy (non-hydrogen) atoms. The van der Waals surface area contributed by atoms with Crippen molar-refractivity contribution in [3.63, 3.8) is 0 Å². The fourth-order valence-electron chi connectivity index (χ4n) is 2.77. The summed E-state index contributed by atoms with van der Waals surface area (Å²) in [6.07, 6.45) is 0.338. The van der Waals surface area contributed by atoms with E-state index in [0.29, 0.717) is 24.5 Å². The van der Waals surface area contributed by atoms with Crippen molar-refractivity contribution in [2.24, 2.45) is 0 Å². The summed E-state index contributed by atoms with van der Waals surface area (Å²) in [6.45, 7) is 3.45. The van der Waals surface area contributed by atoms with Crippen molar-refractivity contribution >= 4 is 21.7 Å². The summed E-state index contributed by atoms with van der Waals surface area (Å²) in [7, 11) is -1.68. The Hall–Kier alpha value is -2.29. The smallest absolute Gasteiger partial charge is 0.338 e. The van der Waals surface area contributed by atoms with Gasteiger partial charge in [-0.15, -0.1) is 0 Å². The van der Waals surface area contributed by atoms with Gasteiger partial charge in [0.05, 0.1) is 36.3 Å². The third kappa shape index (κ3) is 5.10. The van der Waals surface area contributed by atoms with E-state index < -0.39 is 33.9 Å². The van der Waals surface area contributed by atoms with Gasteiger partial charge in [-0.05, 0) is 38.5 Å². The first kappa shape index (κ1) is 20.0. The number of hydrogen-bond donors (Lipinski definition) is 1. The summed E-state index contributed by atoms with van der Waals surface area (Å²) < 4.78 is 38.6. The Morgan fingerprint density at radius 2 is 2.00 bits per heavy atom. The van der Waals surface area contributed by atoms with Crippen molar-refractivity contribution < 1.29 is 32.2 Å². The van der Waals surface area contributed by atoms with E-state index in [0.717, 1.165) is 0 Å². The van der Waals surface area contributed by atoms with E-state index in [-0.39, 0.29) is 17.1 Å². The maximum absolute atomic E-state index is 12.1. The van der Waals surface area contributed by atoms with Gasteiger partial charge in [0, 0.05) is 0 Å². The number of hydrogen-bond acceptors (Lipinski definition) is 7. The minimum absolute atomic E-state index is 0.0372. The second kappa shape index (κ2) is 7.94. The molecule has 1 aliphatic rings. The van der Waals surface area contributed by atoms with Crippen LogP contribution in [-0.2, 0) is 19.4 Å². The zero-order valence-electron chi connectivity index (χ0n) is 15.0. The quantitative estimate of drug-likeness (QED) is 0.696. The molecule has 1 aliphatic heterocycles. The molecule has 1 aromatic carbocycles. The molecule has 0 spiro atoms. The maximum Gasteiger partial charge on any atom is 0.338 e. The lowest BCUT2D eigenvalue weighted by molar-refractivity contribution is -0.125. The fourth-order valence-corrected chi connectivity index (χ4v) is 4.86. The number of esters is 1. The van der Waals surface area contributed by atoms with Gasteiger partial charge in [-0.3, -0.25) is 4.79 Å². The van der Waals surface area contributed by atoms with E-state index in [1.165, 1.54) is 19.2 Å². The summed E-state index contributed by atoms with van der Waals surface area (Å²) in [4.78, 5) is 24.1. The van der Waals surface area contributed by atoms with Gasteiger partial charge in [0.15, 0.2) is 27.9 Å². The van der Waals surface area contributed by atoms with Crippen LogP contribution in [0.3, 0.4) is 0 Å². The molecule has 1 amide bonds. The zero-order valence-corrected chi connectivity index (χ0v) is 15.9. The monoisotopic (exact) mass is 385 g/mol. The molecule has 8 nitrogen and oxygen atoms in total. The molecule has 0 aliphatic carbocycles. The molecule has 2 rings (SSSR count). The van der Waals surface area contributed by atoms with Crippen molar-refractivity contribution in [1.29, 1.82) is 0 Å². The van der Waals surface area contributed by atoms with Crippen LogP contribution in [0, 0.1) is 0 Å². The molecule has 0 unspecified atom stereocenters. The molecule has 144 valence electrons. The molecular weight excluding hydrogens is 362 g/mol. The number of nitrogens with one attached hydrogen (secondary N) is 1. The van der Waals surface area contributed by atoms with Crippen molar-refractivity contribution in [3.05, 3.63) is 23.8 Å². The number of rotatable bonds is 7. The van der Waals surface area contributed by atoms with Crippen LogP contribution in [0.5, 0.6) is 11.5 Å². The number of amides is 1. The number of carbonyl (C=O) groups excluding carboxylic acids is 2. The highest BCUT2D eigenvalue weighted by Crippen LogP contribution is 2.28. The van der Waals surface area contributed by atoms with E-state index in [1.54, 1.807) is 13.0 Å². The molecule has 1 heterocycles. The molecule has 1 N–H and O–H groups in total. The SMILES string of the molecule is CCOc1ccc(C(=O)OCC(=O)N[C@@]2(C)CCS(=O)(=O)C2)cc1OC. The van der Waals surface area contributed by atoms with E-state index in [2.05, 4.69) is 5.32 Å². The van der Waals surface area contributed by atoms with E-state index in [4.69, 9.17) is 14.2 Å². The van der Waals surface area contributed by atoms with Crippen LogP contribution >= 0.6 is 0 Å². The molecule has 0 bridgehead atoms. The highest BCUT2D eigenvalue weighted by molar-refractivity contribution is 7.91. The molecule has 1 aromatic rings. The van der Waals surface area contributed by atoms with E-state index in [1.807, 2.05) is 6.92 Å². The van der Waals surface area contributed by atoms with Gasteiger partial charge in [0.2, 0.25) is 0 Å². The van der Waals surface area contributed by atoms with Crippen molar-refractivity contribution in [2.75, 3.05) is 31.8 Å². The van der Waals surface area contributed by atoms with Crippen LogP contribution in [0.1, 0.15) is 30.6 Å². The van der Waals surface area contributed by atoms with E-state index >= 15 is 0 Å². The Labute approximate surface area is 152 Å². The molecule has 1 atom stereocenters. The average molecular weight is 385 g/mol. The molecule has 9 heteroatoms. The lowest BCUT2D eigenvalue weighted by Crippen LogP contribution is -2.48. The third-order valence-electron chi connectivity index (χ3n) is 3.98. The second-order valence-corrected chi connectivity index (χ2v) is 8.51. The molecular formula is C17H23NO7S. The number of ether oxygens (including phenoxy) is 3. The predicted molar refractivity (Wildman–Crippen MR) is 94.3 cm³/mol. The van der Waals surface area contributed by atoms with E-state index in [9.17, 15) is 18.0 Å². The minimum Gasteiger partial charge on any atom is -0.493 e. The topological polar surface area (TPSA) is 108 Å². The first-order chi connectivity index (χ1) is 12.2. The molecule has 1 saturated heterocycles. The third-order valence-corrected chi connectivity index (χ3v) is 5.88. The van der Waals surface area contributed by atoms with Gasteiger partial charge in [-0.1, -0.05) is 0 Å². The first-order valence-corrected chi connectivity index (χ1v) is 9.99. The summed E-state index contributed by atoms with van der Waals surface area (Å²) in [5.74, 6) is -0.429. The average Bonchev–Trinajstić information content (AvgIpc) is 2.86. The Bertz CT molecular complexity index is 790. The summed E-state index contributed by atoms with van der Waals surface area (Å²) in [6, 6.07) is 4.57. The highest BCUT2D eigenvalue weighted by Gasteiger charge is 2.39. The Kier molecular flexibility index (Phi) is 6.12. The number of carbonyl (C=O) groups is 2. The van der Waals surface area contributed by atoms with Crippen molar-refractivity contribution in [2.45, 2.75) is 25.8 Å². The predicted octanol–water partition coefficient (Wildman–Crippen LogP) is 0.944. The number of benzene rings is 1. The number of sulfone groups is 1. The van der Waals surface area contributed by atoms with Crippen LogP contribution < -0.4 is 14.8 Å². The lowest BCUT2D eigenvalue weighted by atomic mass is 10.0. The summed E-state index contributed by atoms with van der Waals surface area (Å²) >= 11 is 0. The molecule has 0 aromatic heterocycles. The van der Waals surface area contributed by atoms with Crippen LogP contribution in [0.25, 0.3) is 0 Å². The fraction of sp³-hybridized carbons (Fsp3) is 0.529. The summed E-state index contributed by atoms with van der Waals surface area (Å²) in [5, 5.41) is 2.63. The molecule has 0 saturated carbocycles. The van der Waals surface area contributed by atoms with Gasteiger partial charge in [0.25, 0.3) is 5.91 Å².